The smallest absolute Gasteiger partial charge is 0.226 e. The lowest BCUT2D eigenvalue weighted by Crippen LogP contribution is -2.45. The van der Waals surface area contributed by atoms with Gasteiger partial charge in [0.05, 0.1) is 40.1 Å². The number of hydrogen-bond acceptors (Lipinski definition) is 4. The fourth-order valence-electron chi connectivity index (χ4n) is 4.24. The number of thiocarbonyl (C=S) groups is 1. The van der Waals surface area contributed by atoms with E-state index in [-0.39, 0.29) is 18.4 Å². The van der Waals surface area contributed by atoms with E-state index in [0.717, 1.165) is 27.0 Å². The quantitative estimate of drug-likeness (QED) is 0.180. The second kappa shape index (κ2) is 14.5. The molecule has 0 radical (unpaired) electrons. The minimum Gasteiger partial charge on any atom is -0.352 e. The van der Waals surface area contributed by atoms with Gasteiger partial charge >= 0.3 is 0 Å². The molecule has 11 heteroatoms. The molecule has 0 spiro atoms. The van der Waals surface area contributed by atoms with Crippen LogP contribution in [0.3, 0.4) is 0 Å². The zero-order valence-corrected chi connectivity index (χ0v) is 26.1. The van der Waals surface area contributed by atoms with Crippen LogP contribution in [-0.2, 0) is 24.3 Å². The maximum Gasteiger partial charge on any atom is 0.226 e. The van der Waals surface area contributed by atoms with Gasteiger partial charge in [-0.15, -0.1) is 0 Å². The maximum absolute atomic E-state index is 13.1. The number of rotatable bonds is 10. The van der Waals surface area contributed by atoms with Crippen molar-refractivity contribution in [3.63, 3.8) is 0 Å². The molecule has 0 unspecified atom stereocenters. The van der Waals surface area contributed by atoms with E-state index in [1.165, 1.54) is 0 Å². The molecule has 3 aromatic carbocycles. The first kappa shape index (κ1) is 30.5. The van der Waals surface area contributed by atoms with Crippen LogP contribution in [0.5, 0.6) is 0 Å². The van der Waals surface area contributed by atoms with Crippen LogP contribution in [0.25, 0.3) is 0 Å². The Labute approximate surface area is 263 Å². The molecule has 0 aliphatic heterocycles. The summed E-state index contributed by atoms with van der Waals surface area (Å²) >= 11 is 22.1. The first-order valence-electron chi connectivity index (χ1n) is 12.7. The SMILES string of the molecule is C[C@@H](CN(Cc1cccc(Cl)c1Cl)C(=S)Nc1ccccc1Br)NC(=O)Cc1cncn1Cc1ccc(C#N)cc1. The van der Waals surface area contributed by atoms with Gasteiger partial charge in [-0.1, -0.05) is 59.6 Å². The van der Waals surface area contributed by atoms with Crippen LogP contribution in [0.4, 0.5) is 5.69 Å². The number of nitrogens with one attached hydrogen (secondary N) is 2. The summed E-state index contributed by atoms with van der Waals surface area (Å²) in [7, 11) is 0. The van der Waals surface area contributed by atoms with Crippen molar-refractivity contribution in [3.05, 3.63) is 116 Å². The lowest BCUT2D eigenvalue weighted by molar-refractivity contribution is -0.121. The van der Waals surface area contributed by atoms with Crippen LogP contribution < -0.4 is 10.6 Å². The molecule has 1 aromatic heterocycles. The minimum atomic E-state index is -0.241. The molecule has 7 nitrogen and oxygen atoms in total. The van der Waals surface area contributed by atoms with Crippen LogP contribution in [0.15, 0.2) is 83.7 Å². The van der Waals surface area contributed by atoms with E-state index in [1.54, 1.807) is 30.7 Å². The molecular formula is C30H27BrCl2N6OS. The molecule has 0 fully saturated rings. The van der Waals surface area contributed by atoms with Crippen molar-refractivity contribution in [2.75, 3.05) is 11.9 Å². The third kappa shape index (κ3) is 8.54. The van der Waals surface area contributed by atoms with E-state index in [4.69, 9.17) is 40.7 Å². The highest BCUT2D eigenvalue weighted by Crippen LogP contribution is 2.27. The van der Waals surface area contributed by atoms with Crippen molar-refractivity contribution in [2.24, 2.45) is 0 Å². The number of amides is 1. The summed E-state index contributed by atoms with van der Waals surface area (Å²) in [6.07, 6.45) is 3.56. The van der Waals surface area contributed by atoms with Crippen molar-refractivity contribution in [1.82, 2.24) is 19.8 Å². The maximum atomic E-state index is 13.1. The Morgan fingerprint density at radius 2 is 1.90 bits per heavy atom. The van der Waals surface area contributed by atoms with Crippen molar-refractivity contribution in [1.29, 1.82) is 5.26 Å². The van der Waals surface area contributed by atoms with E-state index >= 15 is 0 Å². The number of anilines is 1. The Balaban J connectivity index is 1.42. The molecule has 41 heavy (non-hydrogen) atoms. The highest BCUT2D eigenvalue weighted by atomic mass is 79.9. The number of hydrogen-bond donors (Lipinski definition) is 2. The van der Waals surface area contributed by atoms with Gasteiger partial charge in [0.25, 0.3) is 0 Å². The summed E-state index contributed by atoms with van der Waals surface area (Å²) in [4.78, 5) is 19.2. The number of aromatic nitrogens is 2. The van der Waals surface area contributed by atoms with Gasteiger partial charge in [-0.3, -0.25) is 4.79 Å². The molecule has 4 rings (SSSR count). The predicted molar refractivity (Wildman–Crippen MR) is 171 cm³/mol. The molecule has 210 valence electrons. The Morgan fingerprint density at radius 1 is 1.15 bits per heavy atom. The summed E-state index contributed by atoms with van der Waals surface area (Å²) in [5.41, 5.74) is 4.05. The van der Waals surface area contributed by atoms with E-state index < -0.39 is 0 Å². The monoisotopic (exact) mass is 668 g/mol. The van der Waals surface area contributed by atoms with Gasteiger partial charge in [0.2, 0.25) is 5.91 Å². The standard InChI is InChI=1S/C30H27BrCl2N6OS/c1-20(36-28(40)13-24-15-35-19-39(24)17-22-11-9-21(14-34)10-12-22)16-38(18-23-5-4-7-26(32)29(23)33)30(41)37-27-8-3-2-6-25(27)31/h2-12,15,19-20H,13,16-18H2,1H3,(H,36,40)(H,37,41)/t20-/m0/s1. The molecule has 0 aliphatic rings. The topological polar surface area (TPSA) is 86.0 Å². The first-order chi connectivity index (χ1) is 19.7. The minimum absolute atomic E-state index is 0.135. The third-order valence-corrected chi connectivity index (χ3v) is 8.18. The zero-order chi connectivity index (χ0) is 29.4. The molecule has 1 atom stereocenters. The fourth-order valence-corrected chi connectivity index (χ4v) is 5.25. The van der Waals surface area contributed by atoms with Crippen LogP contribution in [0.2, 0.25) is 10.0 Å². The molecule has 0 saturated carbocycles. The molecule has 1 amide bonds. The van der Waals surface area contributed by atoms with Crippen LogP contribution in [-0.4, -0.2) is 38.1 Å². The van der Waals surface area contributed by atoms with Crippen molar-refractivity contribution in [3.8, 4) is 6.07 Å². The van der Waals surface area contributed by atoms with Gasteiger partial charge in [0.15, 0.2) is 5.11 Å². The average molecular weight is 670 g/mol. The molecule has 4 aromatic rings. The van der Waals surface area contributed by atoms with Crippen molar-refractivity contribution < 1.29 is 4.79 Å². The summed E-state index contributed by atoms with van der Waals surface area (Å²) in [6, 6.07) is 22.4. The number of halogens is 3. The Hall–Kier alpha value is -3.42. The van der Waals surface area contributed by atoms with Gasteiger partial charge < -0.3 is 20.1 Å². The highest BCUT2D eigenvalue weighted by molar-refractivity contribution is 9.10. The second-order valence-electron chi connectivity index (χ2n) is 9.47. The van der Waals surface area contributed by atoms with E-state index in [2.05, 4.69) is 37.6 Å². The zero-order valence-electron chi connectivity index (χ0n) is 22.2. The van der Waals surface area contributed by atoms with Gasteiger partial charge in [-0.25, -0.2) is 4.98 Å². The van der Waals surface area contributed by atoms with Crippen molar-refractivity contribution in [2.45, 2.75) is 32.5 Å². The normalized spacial score (nSPS) is 11.4. The van der Waals surface area contributed by atoms with E-state index in [1.807, 2.05) is 64.9 Å². The number of carbonyl (C=O) groups is 1. The molecule has 0 saturated heterocycles. The second-order valence-corrected chi connectivity index (χ2v) is 11.5. The van der Waals surface area contributed by atoms with Gasteiger partial charge in [0, 0.05) is 42.0 Å². The summed E-state index contributed by atoms with van der Waals surface area (Å²) < 4.78 is 2.80. The number of para-hydroxylation sites is 1. The Kier molecular flexibility index (Phi) is 10.8. The summed E-state index contributed by atoms with van der Waals surface area (Å²) in [6.45, 7) is 3.30. The number of nitriles is 1. The Bertz CT molecular complexity index is 1570. The van der Waals surface area contributed by atoms with E-state index in [9.17, 15) is 4.79 Å². The molecule has 0 aliphatic carbocycles. The molecule has 2 N–H and O–H groups in total. The molecule has 1 heterocycles. The first-order valence-corrected chi connectivity index (χ1v) is 14.7. The lowest BCUT2D eigenvalue weighted by atomic mass is 10.1. The van der Waals surface area contributed by atoms with Crippen LogP contribution >= 0.6 is 51.3 Å². The number of carbonyl (C=O) groups excluding carboxylic acids is 1. The van der Waals surface area contributed by atoms with Crippen LogP contribution in [0.1, 0.15) is 29.3 Å². The number of benzene rings is 3. The number of nitrogens with zero attached hydrogens (tertiary/aromatic N) is 4. The average Bonchev–Trinajstić information content (AvgIpc) is 3.38. The lowest BCUT2D eigenvalue weighted by Gasteiger charge is -2.30. The number of imidazole rings is 1. The largest absolute Gasteiger partial charge is 0.352 e. The van der Waals surface area contributed by atoms with Crippen molar-refractivity contribution >= 4 is 68.1 Å². The molecule has 0 bridgehead atoms. The summed E-state index contributed by atoms with van der Waals surface area (Å²) in [5, 5.41) is 16.8. The van der Waals surface area contributed by atoms with Gasteiger partial charge in [0.1, 0.15) is 0 Å². The Morgan fingerprint density at radius 3 is 2.63 bits per heavy atom. The van der Waals surface area contributed by atoms with Gasteiger partial charge in [-0.05, 0) is 76.5 Å². The predicted octanol–water partition coefficient (Wildman–Crippen LogP) is 6.82. The van der Waals surface area contributed by atoms with E-state index in [0.29, 0.717) is 40.4 Å². The third-order valence-electron chi connectivity index (χ3n) is 6.27. The van der Waals surface area contributed by atoms with Gasteiger partial charge in [-0.2, -0.15) is 5.26 Å². The highest BCUT2D eigenvalue weighted by Gasteiger charge is 2.19. The fraction of sp³-hybridized carbons (Fsp3) is 0.200. The summed E-state index contributed by atoms with van der Waals surface area (Å²) in [5.74, 6) is -0.135. The van der Waals surface area contributed by atoms with Crippen LogP contribution in [0, 0.1) is 11.3 Å². The molecular weight excluding hydrogens is 643 g/mol.